The van der Waals surface area contributed by atoms with E-state index in [9.17, 15) is 9.90 Å². The predicted molar refractivity (Wildman–Crippen MR) is 223 cm³/mol. The lowest BCUT2D eigenvalue weighted by Crippen LogP contribution is -2.27. The van der Waals surface area contributed by atoms with Crippen molar-refractivity contribution in [1.82, 2.24) is 0 Å². The van der Waals surface area contributed by atoms with Crippen LogP contribution in [-0.2, 0) is 14.3 Å². The van der Waals surface area contributed by atoms with Crippen LogP contribution < -0.4 is 0 Å². The van der Waals surface area contributed by atoms with E-state index in [1.54, 1.807) is 0 Å². The van der Waals surface area contributed by atoms with E-state index in [1.807, 2.05) is 0 Å². The van der Waals surface area contributed by atoms with Crippen LogP contribution in [-0.4, -0.2) is 37.0 Å². The standard InChI is InChI=1S/C47H78O4/c1-3-5-7-9-11-13-15-17-19-21-23-24-25-26-28-30-32-34-36-38-40-42-47(49)51-46(44-48)45-50-43-41-39-37-35-33-31-29-27-22-20-18-16-14-12-10-8-6-4-2/h6,8,12,14-15,17-18,20-21,23,25-27,29,33,35,46,48H,3-5,7,9-11,13,16,19,22,24,28,30-32,34,36-45H2,1-2H3/b8-6-,14-12-,17-15-,20-18-,23-21-,26-25-,29-27-,35-33-. The topological polar surface area (TPSA) is 55.8 Å². The molecule has 4 nitrogen and oxygen atoms in total. The number of hydrogen-bond acceptors (Lipinski definition) is 4. The van der Waals surface area contributed by atoms with Gasteiger partial charge in [-0.2, -0.15) is 0 Å². The Hall–Kier alpha value is -2.69. The summed E-state index contributed by atoms with van der Waals surface area (Å²) in [7, 11) is 0. The Bertz CT molecular complexity index is 965. The Morgan fingerprint density at radius 1 is 0.490 bits per heavy atom. The molecule has 1 unspecified atom stereocenters. The maximum atomic E-state index is 12.2. The summed E-state index contributed by atoms with van der Waals surface area (Å²) in [4.78, 5) is 12.2. The van der Waals surface area contributed by atoms with E-state index < -0.39 is 6.10 Å². The molecule has 0 radical (unpaired) electrons. The molecule has 51 heavy (non-hydrogen) atoms. The van der Waals surface area contributed by atoms with Crippen LogP contribution >= 0.6 is 0 Å². The van der Waals surface area contributed by atoms with E-state index in [-0.39, 0.29) is 19.2 Å². The maximum Gasteiger partial charge on any atom is 0.306 e. The van der Waals surface area contributed by atoms with Crippen molar-refractivity contribution >= 4 is 5.97 Å². The van der Waals surface area contributed by atoms with E-state index in [1.165, 1.54) is 57.8 Å². The van der Waals surface area contributed by atoms with Crippen LogP contribution in [0.2, 0.25) is 0 Å². The number of carbonyl (C=O) groups excluding carboxylic acids is 1. The fraction of sp³-hybridized carbons (Fsp3) is 0.638. The van der Waals surface area contributed by atoms with Gasteiger partial charge in [-0.25, -0.2) is 0 Å². The van der Waals surface area contributed by atoms with Gasteiger partial charge in [0.1, 0.15) is 6.10 Å². The van der Waals surface area contributed by atoms with Gasteiger partial charge in [-0.15, -0.1) is 0 Å². The average Bonchev–Trinajstić information content (AvgIpc) is 3.14. The molecule has 0 aliphatic rings. The molecule has 1 atom stereocenters. The lowest BCUT2D eigenvalue weighted by Gasteiger charge is -2.15. The fourth-order valence-corrected chi connectivity index (χ4v) is 5.30. The zero-order chi connectivity index (χ0) is 37.0. The fourth-order valence-electron chi connectivity index (χ4n) is 5.30. The Morgan fingerprint density at radius 2 is 0.882 bits per heavy atom. The minimum absolute atomic E-state index is 0.201. The Morgan fingerprint density at radius 3 is 1.33 bits per heavy atom. The molecular weight excluding hydrogens is 629 g/mol. The lowest BCUT2D eigenvalue weighted by molar-refractivity contribution is -0.154. The third kappa shape index (κ3) is 41.6. The number of unbranched alkanes of at least 4 members (excludes halogenated alkanes) is 13. The zero-order valence-corrected chi connectivity index (χ0v) is 33.1. The highest BCUT2D eigenvalue weighted by molar-refractivity contribution is 5.69. The summed E-state index contributed by atoms with van der Waals surface area (Å²) in [6, 6.07) is 0. The van der Waals surface area contributed by atoms with Gasteiger partial charge in [-0.05, 0) is 96.3 Å². The maximum absolute atomic E-state index is 12.2. The Balaban J connectivity index is 3.59. The van der Waals surface area contributed by atoms with Crippen LogP contribution in [0.5, 0.6) is 0 Å². The second-order valence-electron chi connectivity index (χ2n) is 13.3. The first-order valence-corrected chi connectivity index (χ1v) is 20.8. The molecular formula is C47H78O4. The summed E-state index contributed by atoms with van der Waals surface area (Å²) in [5.41, 5.74) is 0. The summed E-state index contributed by atoms with van der Waals surface area (Å²) in [5, 5.41) is 9.59. The van der Waals surface area contributed by atoms with Crippen LogP contribution in [0, 0.1) is 0 Å². The van der Waals surface area contributed by atoms with E-state index in [2.05, 4.69) is 111 Å². The number of allylic oxidation sites excluding steroid dienone is 16. The molecule has 0 spiro atoms. The molecule has 0 aromatic carbocycles. The Labute approximate surface area is 315 Å². The number of hydrogen-bond donors (Lipinski definition) is 1. The van der Waals surface area contributed by atoms with Crippen molar-refractivity contribution in [1.29, 1.82) is 0 Å². The third-order valence-corrected chi connectivity index (χ3v) is 8.39. The first-order valence-electron chi connectivity index (χ1n) is 20.8. The third-order valence-electron chi connectivity index (χ3n) is 8.39. The molecule has 0 aliphatic carbocycles. The number of aliphatic hydroxyl groups excluding tert-OH is 1. The predicted octanol–water partition coefficient (Wildman–Crippen LogP) is 13.8. The second kappa shape index (κ2) is 43.5. The summed E-state index contributed by atoms with van der Waals surface area (Å²) < 4.78 is 11.1. The summed E-state index contributed by atoms with van der Waals surface area (Å²) >= 11 is 0. The lowest BCUT2D eigenvalue weighted by atomic mass is 10.1. The summed E-state index contributed by atoms with van der Waals surface area (Å²) in [5.74, 6) is -0.232. The number of aliphatic hydroxyl groups is 1. The van der Waals surface area contributed by atoms with Crippen LogP contribution in [0.25, 0.3) is 0 Å². The Kier molecular flexibility index (Phi) is 41.2. The molecule has 0 aromatic rings. The minimum Gasteiger partial charge on any atom is -0.457 e. The van der Waals surface area contributed by atoms with Gasteiger partial charge in [0.15, 0.2) is 0 Å². The molecule has 0 aromatic heterocycles. The van der Waals surface area contributed by atoms with Crippen molar-refractivity contribution in [2.45, 2.75) is 174 Å². The molecule has 0 fully saturated rings. The van der Waals surface area contributed by atoms with Crippen LogP contribution in [0.3, 0.4) is 0 Å². The van der Waals surface area contributed by atoms with Gasteiger partial charge in [-0.1, -0.05) is 162 Å². The smallest absolute Gasteiger partial charge is 0.306 e. The van der Waals surface area contributed by atoms with Crippen molar-refractivity contribution in [2.24, 2.45) is 0 Å². The van der Waals surface area contributed by atoms with Crippen molar-refractivity contribution < 1.29 is 19.4 Å². The normalized spacial score (nSPS) is 13.4. The highest BCUT2D eigenvalue weighted by Crippen LogP contribution is 2.11. The number of ether oxygens (including phenoxy) is 2. The van der Waals surface area contributed by atoms with Crippen LogP contribution in [0.4, 0.5) is 0 Å². The van der Waals surface area contributed by atoms with Gasteiger partial charge in [0.05, 0.1) is 13.2 Å². The SMILES string of the molecule is CC/C=C\C/C=C\C/C=C\C/C=C\C/C=C\CCCCOCC(CO)OC(=O)CCCCCCCC/C=C\C/C=C\C/C=C\CCCCCCC. The van der Waals surface area contributed by atoms with Crippen LogP contribution in [0.15, 0.2) is 97.2 Å². The minimum atomic E-state index is -0.571. The van der Waals surface area contributed by atoms with Crippen molar-refractivity contribution in [3.8, 4) is 0 Å². The molecule has 0 heterocycles. The summed E-state index contributed by atoms with van der Waals surface area (Å²) in [6.07, 6.45) is 61.8. The molecule has 0 saturated carbocycles. The van der Waals surface area contributed by atoms with Crippen molar-refractivity contribution in [3.05, 3.63) is 97.2 Å². The van der Waals surface area contributed by atoms with Gasteiger partial charge in [0, 0.05) is 13.0 Å². The molecule has 0 aliphatic heterocycles. The quantitative estimate of drug-likeness (QED) is 0.0397. The molecule has 1 N–H and O–H groups in total. The van der Waals surface area contributed by atoms with Gasteiger partial charge in [0.25, 0.3) is 0 Å². The van der Waals surface area contributed by atoms with E-state index in [0.29, 0.717) is 13.0 Å². The first-order chi connectivity index (χ1) is 25.2. The monoisotopic (exact) mass is 707 g/mol. The van der Waals surface area contributed by atoms with Crippen LogP contribution in [0.1, 0.15) is 168 Å². The van der Waals surface area contributed by atoms with E-state index in [0.717, 1.165) is 89.9 Å². The highest BCUT2D eigenvalue weighted by Gasteiger charge is 2.13. The largest absolute Gasteiger partial charge is 0.457 e. The zero-order valence-electron chi connectivity index (χ0n) is 33.1. The van der Waals surface area contributed by atoms with Gasteiger partial charge in [0.2, 0.25) is 0 Å². The van der Waals surface area contributed by atoms with Crippen molar-refractivity contribution in [2.75, 3.05) is 19.8 Å². The average molecular weight is 707 g/mol. The molecule has 0 saturated heterocycles. The molecule has 290 valence electrons. The van der Waals surface area contributed by atoms with Gasteiger partial charge < -0.3 is 14.6 Å². The number of rotatable bonds is 37. The number of carbonyl (C=O) groups is 1. The van der Waals surface area contributed by atoms with E-state index >= 15 is 0 Å². The van der Waals surface area contributed by atoms with Gasteiger partial charge in [-0.3, -0.25) is 4.79 Å². The molecule has 4 heteroatoms. The van der Waals surface area contributed by atoms with Crippen molar-refractivity contribution in [3.63, 3.8) is 0 Å². The van der Waals surface area contributed by atoms with E-state index in [4.69, 9.17) is 9.47 Å². The molecule has 0 rings (SSSR count). The second-order valence-corrected chi connectivity index (χ2v) is 13.3. The number of esters is 1. The van der Waals surface area contributed by atoms with Gasteiger partial charge >= 0.3 is 5.97 Å². The first kappa shape index (κ1) is 48.3. The molecule has 0 bridgehead atoms. The summed E-state index contributed by atoms with van der Waals surface area (Å²) in [6.45, 7) is 5.09. The molecule has 0 amide bonds. The highest BCUT2D eigenvalue weighted by atomic mass is 16.6.